The van der Waals surface area contributed by atoms with E-state index in [-0.39, 0.29) is 36.1 Å². The number of carbonyl (C=O) groups excluding carboxylic acids is 2. The van der Waals surface area contributed by atoms with Crippen LogP contribution in [0.15, 0.2) is 66.0 Å². The number of esters is 1. The molecule has 3 aromatic rings. The quantitative estimate of drug-likeness (QED) is 0.255. The summed E-state index contributed by atoms with van der Waals surface area (Å²) >= 11 is 1.47. The second kappa shape index (κ2) is 11.2. The number of hydrogen-bond donors (Lipinski definition) is 0. The maximum absolute atomic E-state index is 14.6. The van der Waals surface area contributed by atoms with Crippen LogP contribution in [0.2, 0.25) is 0 Å². The number of ketones is 1. The number of Topliss-reactive ketones (excluding diaryl/α,β-unsaturated/α-hetero) is 1. The smallest absolute Gasteiger partial charge is 0.307 e. The summed E-state index contributed by atoms with van der Waals surface area (Å²) in [6, 6.07) is 15.5. The van der Waals surface area contributed by atoms with Crippen molar-refractivity contribution in [1.82, 2.24) is 0 Å². The van der Waals surface area contributed by atoms with Gasteiger partial charge in [-0.05, 0) is 41.1 Å². The average Bonchev–Trinajstić information content (AvgIpc) is 3.40. The lowest BCUT2D eigenvalue weighted by Gasteiger charge is -2.52. The summed E-state index contributed by atoms with van der Waals surface area (Å²) in [5, 5.41) is 1.92. The van der Waals surface area contributed by atoms with Gasteiger partial charge in [0.2, 0.25) is 5.78 Å². The van der Waals surface area contributed by atoms with Gasteiger partial charge in [0.05, 0.1) is 30.9 Å². The van der Waals surface area contributed by atoms with Gasteiger partial charge in [0, 0.05) is 24.3 Å². The van der Waals surface area contributed by atoms with Gasteiger partial charge in [0.25, 0.3) is 0 Å². The molecule has 0 spiro atoms. The Labute approximate surface area is 219 Å². The lowest BCUT2D eigenvalue weighted by atomic mass is 9.75. The molecule has 4 heterocycles. The first-order valence-electron chi connectivity index (χ1n) is 12.0. The van der Waals surface area contributed by atoms with Crippen LogP contribution in [0.5, 0.6) is 0 Å². The minimum absolute atomic E-state index is 0. The molecule has 4 nitrogen and oxygen atoms in total. The molecule has 6 rings (SSSR count). The minimum Gasteiger partial charge on any atom is -1.00 e. The van der Waals surface area contributed by atoms with Gasteiger partial charge in [-0.1, -0.05) is 36.4 Å². The molecule has 8 heteroatoms. The summed E-state index contributed by atoms with van der Waals surface area (Å²) in [6.07, 6.45) is 1.26. The van der Waals surface area contributed by atoms with Crippen LogP contribution in [0.4, 0.5) is 8.78 Å². The van der Waals surface area contributed by atoms with Gasteiger partial charge in [-0.15, -0.1) is 11.3 Å². The van der Waals surface area contributed by atoms with E-state index in [9.17, 15) is 18.4 Å². The Morgan fingerprint density at radius 1 is 1.00 bits per heavy atom. The molecule has 1 aromatic heterocycles. The van der Waals surface area contributed by atoms with Gasteiger partial charge in [0.15, 0.2) is 6.10 Å². The maximum atomic E-state index is 14.6. The zero-order chi connectivity index (χ0) is 24.4. The van der Waals surface area contributed by atoms with E-state index >= 15 is 0 Å². The molecule has 3 aliphatic rings. The standard InChI is InChI=1S/C28H28F2NO3S.ClH/c29-22-9-7-20(8-10-22)28(23-4-1-2-5-24(23)30)34-27(33)16-21-17-31(13-11-19(21)12-14-31)18-25(32)26-6-3-15-35-26;/h1-10,15,19,21,28H,11-14,16-18H2;1H/q+1;/p-1/t19?,21-,28?,31?;/m0./s1. The number of carbonyl (C=O) groups is 2. The summed E-state index contributed by atoms with van der Waals surface area (Å²) in [6.45, 7) is 3.16. The highest BCUT2D eigenvalue weighted by Gasteiger charge is 2.47. The monoisotopic (exact) mass is 531 g/mol. The highest BCUT2D eigenvalue weighted by Crippen LogP contribution is 2.40. The Kier molecular flexibility index (Phi) is 8.23. The van der Waals surface area contributed by atoms with Gasteiger partial charge >= 0.3 is 5.97 Å². The highest BCUT2D eigenvalue weighted by atomic mass is 35.5. The largest absolute Gasteiger partial charge is 1.00 e. The van der Waals surface area contributed by atoms with E-state index in [2.05, 4.69) is 0 Å². The molecular formula is C28H28ClF2NO3S. The fraction of sp³-hybridized carbons (Fsp3) is 0.357. The molecule has 1 unspecified atom stereocenters. The van der Waals surface area contributed by atoms with Crippen molar-refractivity contribution in [2.75, 3.05) is 26.2 Å². The third-order valence-corrected chi connectivity index (χ3v) is 8.46. The fourth-order valence-electron chi connectivity index (χ4n) is 5.74. The van der Waals surface area contributed by atoms with Crippen molar-refractivity contribution in [2.24, 2.45) is 11.8 Å². The number of thiophene rings is 1. The van der Waals surface area contributed by atoms with E-state index in [1.54, 1.807) is 18.2 Å². The Hall–Kier alpha value is -2.61. The van der Waals surface area contributed by atoms with E-state index in [1.165, 1.54) is 41.7 Å². The van der Waals surface area contributed by atoms with Crippen LogP contribution in [-0.4, -0.2) is 42.4 Å². The Morgan fingerprint density at radius 3 is 2.39 bits per heavy atom. The van der Waals surface area contributed by atoms with Crippen LogP contribution in [-0.2, 0) is 9.53 Å². The molecule has 2 atom stereocenters. The number of quaternary nitrogens is 1. The molecule has 190 valence electrons. The third kappa shape index (κ3) is 5.69. The summed E-state index contributed by atoms with van der Waals surface area (Å²) in [7, 11) is 0. The summed E-state index contributed by atoms with van der Waals surface area (Å²) in [4.78, 5) is 26.8. The number of piperidine rings is 3. The van der Waals surface area contributed by atoms with Crippen molar-refractivity contribution in [3.8, 4) is 0 Å². The van der Waals surface area contributed by atoms with Gasteiger partial charge in [-0.25, -0.2) is 8.78 Å². The van der Waals surface area contributed by atoms with Gasteiger partial charge in [-0.3, -0.25) is 9.59 Å². The van der Waals surface area contributed by atoms with Crippen molar-refractivity contribution in [3.63, 3.8) is 0 Å². The van der Waals surface area contributed by atoms with E-state index < -0.39 is 23.7 Å². The number of benzene rings is 2. The number of nitrogens with zero attached hydrogens (tertiary/aromatic N) is 1. The second-order valence-electron chi connectivity index (χ2n) is 9.77. The minimum atomic E-state index is -0.950. The van der Waals surface area contributed by atoms with Crippen molar-refractivity contribution in [3.05, 3.63) is 93.7 Å². The van der Waals surface area contributed by atoms with Crippen molar-refractivity contribution in [1.29, 1.82) is 0 Å². The molecule has 0 N–H and O–H groups in total. The molecule has 3 saturated heterocycles. The van der Waals surface area contributed by atoms with Crippen LogP contribution < -0.4 is 12.4 Å². The molecule has 0 amide bonds. The van der Waals surface area contributed by atoms with Crippen LogP contribution in [0.3, 0.4) is 0 Å². The second-order valence-corrected chi connectivity index (χ2v) is 10.7. The summed E-state index contributed by atoms with van der Waals surface area (Å²) < 4.78 is 34.7. The number of ether oxygens (including phenoxy) is 1. The molecule has 0 saturated carbocycles. The first-order valence-corrected chi connectivity index (χ1v) is 12.9. The Morgan fingerprint density at radius 2 is 1.72 bits per heavy atom. The van der Waals surface area contributed by atoms with Crippen molar-refractivity contribution in [2.45, 2.75) is 25.4 Å². The predicted molar refractivity (Wildman–Crippen MR) is 130 cm³/mol. The number of halogens is 3. The van der Waals surface area contributed by atoms with Crippen LogP contribution in [0.1, 0.15) is 46.2 Å². The Balaban J connectivity index is 0.00000304. The first-order chi connectivity index (χ1) is 16.9. The van der Waals surface area contributed by atoms with E-state index in [0.717, 1.165) is 41.8 Å². The zero-order valence-electron chi connectivity index (χ0n) is 19.7. The van der Waals surface area contributed by atoms with Crippen LogP contribution >= 0.6 is 11.3 Å². The maximum Gasteiger partial charge on any atom is 0.307 e. The Bertz CT molecular complexity index is 1190. The SMILES string of the molecule is O=C(C[C@H]1C[N+]2(CC(=O)c3cccs3)CCC1CC2)OC(c1ccc(F)cc1)c1ccccc1F.[Cl-]. The van der Waals surface area contributed by atoms with Crippen molar-refractivity contribution >= 4 is 23.1 Å². The van der Waals surface area contributed by atoms with Gasteiger partial charge in [-0.2, -0.15) is 0 Å². The third-order valence-electron chi connectivity index (χ3n) is 7.55. The van der Waals surface area contributed by atoms with Crippen molar-refractivity contribution < 1.29 is 40.0 Å². The topological polar surface area (TPSA) is 43.4 Å². The first kappa shape index (κ1) is 26.5. The normalized spacial score (nSPS) is 23.5. The molecule has 2 aromatic carbocycles. The number of hydrogen-bond acceptors (Lipinski definition) is 4. The number of fused-ring (bicyclic) bond motifs is 3. The zero-order valence-corrected chi connectivity index (χ0v) is 21.3. The highest BCUT2D eigenvalue weighted by molar-refractivity contribution is 7.12. The van der Waals surface area contributed by atoms with Crippen LogP contribution in [0, 0.1) is 23.5 Å². The van der Waals surface area contributed by atoms with Crippen LogP contribution in [0.25, 0.3) is 0 Å². The van der Waals surface area contributed by atoms with E-state index in [1.807, 2.05) is 17.5 Å². The van der Waals surface area contributed by atoms with E-state index in [4.69, 9.17) is 4.74 Å². The van der Waals surface area contributed by atoms with Gasteiger partial charge in [0.1, 0.15) is 18.2 Å². The van der Waals surface area contributed by atoms with E-state index in [0.29, 0.717) is 18.0 Å². The molecule has 36 heavy (non-hydrogen) atoms. The predicted octanol–water partition coefficient (Wildman–Crippen LogP) is 2.79. The fourth-order valence-corrected chi connectivity index (χ4v) is 6.40. The summed E-state index contributed by atoms with van der Waals surface area (Å²) in [5.41, 5.74) is 0.759. The molecule has 0 radical (unpaired) electrons. The molecule has 2 bridgehead atoms. The van der Waals surface area contributed by atoms with Gasteiger partial charge < -0.3 is 21.6 Å². The lowest BCUT2D eigenvalue weighted by Crippen LogP contribution is -3.00. The molecule has 0 aliphatic carbocycles. The summed E-state index contributed by atoms with van der Waals surface area (Å²) in [5.74, 6) is -0.575. The molecule has 3 fully saturated rings. The lowest BCUT2D eigenvalue weighted by molar-refractivity contribution is -0.939. The average molecular weight is 532 g/mol. The molecular weight excluding hydrogens is 504 g/mol. The molecule has 3 aliphatic heterocycles. The number of rotatable bonds is 8.